The van der Waals surface area contributed by atoms with Gasteiger partial charge in [0.05, 0.1) is 12.5 Å². The topological polar surface area (TPSA) is 77.8 Å². The number of halogens is 2. The molecule has 0 bridgehead atoms. The second kappa shape index (κ2) is 9.49. The molecule has 160 valence electrons. The van der Waals surface area contributed by atoms with E-state index in [2.05, 4.69) is 0 Å². The number of carbonyl (C=O) groups excluding carboxylic acids is 1. The zero-order valence-electron chi connectivity index (χ0n) is 16.2. The Hall–Kier alpha value is -2.58. The number of aliphatic hydroxyl groups excluding tert-OH is 1. The van der Waals surface area contributed by atoms with Crippen molar-refractivity contribution in [3.63, 3.8) is 0 Å². The number of hydrogen-bond acceptors (Lipinski definition) is 4. The molecule has 0 spiro atoms. The van der Waals surface area contributed by atoms with Gasteiger partial charge in [-0.15, -0.1) is 11.3 Å². The Balaban J connectivity index is 1.61. The molecule has 2 atom stereocenters. The minimum atomic E-state index is -3.43. The summed E-state index contributed by atoms with van der Waals surface area (Å²) in [6.45, 7) is 0.409. The van der Waals surface area contributed by atoms with Crippen LogP contribution >= 0.6 is 11.3 Å². The monoisotopic (exact) mass is 435 g/mol. The molecule has 1 saturated heterocycles. The molecule has 1 fully saturated rings. The number of rotatable bonds is 9. The summed E-state index contributed by atoms with van der Waals surface area (Å²) in [7, 11) is 0. The minimum Gasteiger partial charge on any atom is -0.481 e. The molecule has 5 nitrogen and oxygen atoms in total. The fourth-order valence-corrected chi connectivity index (χ4v) is 4.46. The Bertz CT molecular complexity index is 913. The summed E-state index contributed by atoms with van der Waals surface area (Å²) in [6.07, 6.45) is 1.92. The maximum absolute atomic E-state index is 14.4. The fourth-order valence-electron chi connectivity index (χ4n) is 3.46. The maximum atomic E-state index is 14.4. The van der Waals surface area contributed by atoms with Crippen LogP contribution in [0.5, 0.6) is 0 Å². The molecule has 2 heterocycles. The summed E-state index contributed by atoms with van der Waals surface area (Å²) >= 11 is 1.39. The van der Waals surface area contributed by atoms with Crippen LogP contribution in [0.2, 0.25) is 0 Å². The first-order valence-electron chi connectivity index (χ1n) is 9.66. The van der Waals surface area contributed by atoms with Gasteiger partial charge < -0.3 is 15.1 Å². The third kappa shape index (κ3) is 5.31. The first-order chi connectivity index (χ1) is 14.3. The molecule has 1 aliphatic rings. The van der Waals surface area contributed by atoms with Crippen LogP contribution in [0.3, 0.4) is 0 Å². The number of carbonyl (C=O) groups is 2. The average molecular weight is 435 g/mol. The zero-order chi connectivity index (χ0) is 21.7. The molecule has 3 rings (SSSR count). The van der Waals surface area contributed by atoms with Crippen LogP contribution in [0.1, 0.15) is 28.2 Å². The van der Waals surface area contributed by atoms with Crippen LogP contribution in [-0.4, -0.2) is 45.7 Å². The lowest BCUT2D eigenvalue weighted by Gasteiger charge is -2.24. The van der Waals surface area contributed by atoms with E-state index >= 15 is 0 Å². The van der Waals surface area contributed by atoms with Crippen molar-refractivity contribution >= 4 is 23.2 Å². The van der Waals surface area contributed by atoms with Gasteiger partial charge in [0.15, 0.2) is 0 Å². The smallest absolute Gasteiger partial charge is 0.308 e. The third-order valence-electron chi connectivity index (χ3n) is 5.06. The molecule has 0 saturated carbocycles. The minimum absolute atomic E-state index is 0.0355. The lowest BCUT2D eigenvalue weighted by molar-refractivity contribution is -0.136. The van der Waals surface area contributed by atoms with Crippen LogP contribution in [0.15, 0.2) is 54.6 Å². The van der Waals surface area contributed by atoms with Crippen molar-refractivity contribution in [2.45, 2.75) is 43.8 Å². The van der Waals surface area contributed by atoms with Crippen molar-refractivity contribution in [2.24, 2.45) is 0 Å². The van der Waals surface area contributed by atoms with Gasteiger partial charge in [-0.2, -0.15) is 8.78 Å². The highest BCUT2D eigenvalue weighted by atomic mass is 32.1. The summed E-state index contributed by atoms with van der Waals surface area (Å²) in [5.74, 6) is -4.38. The van der Waals surface area contributed by atoms with Crippen LogP contribution in [0.4, 0.5) is 8.78 Å². The first kappa shape index (κ1) is 22.1. The predicted octanol–water partition coefficient (Wildman–Crippen LogP) is 3.62. The van der Waals surface area contributed by atoms with Gasteiger partial charge in [-0.3, -0.25) is 9.59 Å². The Morgan fingerprint density at radius 3 is 2.63 bits per heavy atom. The number of likely N-dealkylation sites (tertiary alicyclic amines) is 1. The van der Waals surface area contributed by atoms with Crippen LogP contribution < -0.4 is 0 Å². The highest BCUT2D eigenvalue weighted by molar-refractivity contribution is 7.12. The Kier molecular flexibility index (Phi) is 6.99. The zero-order valence-corrected chi connectivity index (χ0v) is 17.0. The van der Waals surface area contributed by atoms with Gasteiger partial charge in [0.25, 0.3) is 0 Å². The van der Waals surface area contributed by atoms with Gasteiger partial charge in [0.1, 0.15) is 6.10 Å². The molecule has 0 aliphatic carbocycles. The van der Waals surface area contributed by atoms with Gasteiger partial charge in [-0.25, -0.2) is 0 Å². The van der Waals surface area contributed by atoms with Crippen molar-refractivity contribution in [3.05, 3.63) is 69.9 Å². The molecule has 2 aromatic rings. The van der Waals surface area contributed by atoms with Crippen LogP contribution in [0.25, 0.3) is 0 Å². The maximum Gasteiger partial charge on any atom is 0.308 e. The summed E-state index contributed by atoms with van der Waals surface area (Å²) in [5, 5.41) is 18.9. The molecule has 2 N–H and O–H groups in total. The van der Waals surface area contributed by atoms with E-state index in [9.17, 15) is 23.5 Å². The van der Waals surface area contributed by atoms with E-state index in [4.69, 9.17) is 5.11 Å². The molecule has 0 radical (unpaired) electrons. The third-order valence-corrected chi connectivity index (χ3v) is 6.21. The summed E-state index contributed by atoms with van der Waals surface area (Å²) in [6, 6.07) is 10.4. The largest absolute Gasteiger partial charge is 0.481 e. The normalized spacial score (nSPS) is 18.3. The molecule has 1 aromatic carbocycles. The van der Waals surface area contributed by atoms with Gasteiger partial charge in [-0.1, -0.05) is 42.5 Å². The standard InChI is InChI=1S/C22H23F2NO4S/c23-22(24,15-4-2-1-3-5-15)19(26)10-6-16-7-11-20(27)25(16)13-12-17-8-9-18(30-17)14-21(28)29/h1-6,8-10,16,19,26H,7,11-14H2,(H,28,29)/b10-6+/t16-,19?/m0/s1. The predicted molar refractivity (Wildman–Crippen MR) is 110 cm³/mol. The molecule has 30 heavy (non-hydrogen) atoms. The number of aliphatic carboxylic acids is 1. The Morgan fingerprint density at radius 1 is 1.23 bits per heavy atom. The van der Waals surface area contributed by atoms with E-state index in [-0.39, 0.29) is 23.9 Å². The van der Waals surface area contributed by atoms with Crippen molar-refractivity contribution < 1.29 is 28.6 Å². The highest BCUT2D eigenvalue weighted by Gasteiger charge is 2.39. The number of thiophene rings is 1. The number of nitrogens with zero attached hydrogens (tertiary/aromatic N) is 1. The van der Waals surface area contributed by atoms with E-state index in [1.807, 2.05) is 6.07 Å². The number of amides is 1. The number of benzene rings is 1. The highest BCUT2D eigenvalue weighted by Crippen LogP contribution is 2.33. The second-order valence-electron chi connectivity index (χ2n) is 7.20. The molecule has 1 unspecified atom stereocenters. The first-order valence-corrected chi connectivity index (χ1v) is 10.5. The molecular weight excluding hydrogens is 412 g/mol. The molecule has 8 heteroatoms. The lowest BCUT2D eigenvalue weighted by atomic mass is 10.0. The quantitative estimate of drug-likeness (QED) is 0.590. The summed E-state index contributed by atoms with van der Waals surface area (Å²) in [5.41, 5.74) is -0.267. The number of carboxylic acid groups (broad SMARTS) is 1. The van der Waals surface area contributed by atoms with E-state index in [1.165, 1.54) is 41.7 Å². The molecular formula is C22H23F2NO4S. The van der Waals surface area contributed by atoms with Crippen molar-refractivity contribution in [3.8, 4) is 0 Å². The molecule has 1 amide bonds. The lowest BCUT2D eigenvalue weighted by Crippen LogP contribution is -2.34. The number of aliphatic hydroxyl groups is 1. The van der Waals surface area contributed by atoms with Crippen molar-refractivity contribution in [1.82, 2.24) is 4.90 Å². The summed E-state index contributed by atoms with van der Waals surface area (Å²) < 4.78 is 28.9. The Morgan fingerprint density at radius 2 is 1.93 bits per heavy atom. The average Bonchev–Trinajstić information content (AvgIpc) is 3.30. The number of hydrogen-bond donors (Lipinski definition) is 2. The SMILES string of the molecule is O=C(O)Cc1ccc(CCN2C(=O)CC[C@@H]2/C=C/C(O)C(F)(F)c2ccccc2)s1. The van der Waals surface area contributed by atoms with Crippen LogP contribution in [0, 0.1) is 0 Å². The van der Waals surface area contributed by atoms with Gasteiger partial charge in [0, 0.05) is 28.3 Å². The van der Waals surface area contributed by atoms with Crippen molar-refractivity contribution in [1.29, 1.82) is 0 Å². The van der Waals surface area contributed by atoms with E-state index in [0.717, 1.165) is 15.8 Å². The summed E-state index contributed by atoms with van der Waals surface area (Å²) in [4.78, 5) is 26.3. The van der Waals surface area contributed by atoms with E-state index in [1.54, 1.807) is 17.0 Å². The fraction of sp³-hybridized carbons (Fsp3) is 0.364. The second-order valence-corrected chi connectivity index (χ2v) is 8.45. The Labute approximate surface area is 177 Å². The molecule has 1 aliphatic heterocycles. The van der Waals surface area contributed by atoms with E-state index < -0.39 is 18.0 Å². The van der Waals surface area contributed by atoms with Crippen molar-refractivity contribution in [2.75, 3.05) is 6.54 Å². The number of alkyl halides is 2. The number of carboxylic acids is 1. The van der Waals surface area contributed by atoms with E-state index in [0.29, 0.717) is 25.8 Å². The molecule has 1 aromatic heterocycles. The van der Waals surface area contributed by atoms with Gasteiger partial charge >= 0.3 is 11.9 Å². The van der Waals surface area contributed by atoms with Gasteiger partial charge in [0.2, 0.25) is 5.91 Å². The van der Waals surface area contributed by atoms with Crippen LogP contribution in [-0.2, 0) is 28.4 Å². The van der Waals surface area contributed by atoms with Gasteiger partial charge in [-0.05, 0) is 25.0 Å².